The predicted molar refractivity (Wildman–Crippen MR) is 114 cm³/mol. The van der Waals surface area contributed by atoms with E-state index in [-0.39, 0.29) is 17.9 Å². The molecule has 8 nitrogen and oxygen atoms in total. The Morgan fingerprint density at radius 2 is 1.55 bits per heavy atom. The van der Waals surface area contributed by atoms with Crippen molar-refractivity contribution in [2.24, 2.45) is 5.10 Å². The molecule has 2 N–H and O–H groups in total. The van der Waals surface area contributed by atoms with Crippen LogP contribution in [-0.4, -0.2) is 44.4 Å². The van der Waals surface area contributed by atoms with E-state index in [1.165, 1.54) is 42.6 Å². The van der Waals surface area contributed by atoms with E-state index in [0.717, 1.165) is 0 Å². The van der Waals surface area contributed by atoms with Crippen LogP contribution in [-0.2, 0) is 4.79 Å². The topological polar surface area (TPSA) is 98.2 Å². The highest BCUT2D eigenvalue weighted by Gasteiger charge is 2.18. The highest BCUT2D eigenvalue weighted by atomic mass is 19.1. The Balaban J connectivity index is 2.01. The SMILES string of the molecule is CCOc1cc(C(=O)NCC(=O)N/N=C/c2ccc(F)cc2)cc(OCC)c1OCC. The second-order valence-corrected chi connectivity index (χ2v) is 6.13. The van der Waals surface area contributed by atoms with Gasteiger partial charge in [0.1, 0.15) is 5.82 Å². The van der Waals surface area contributed by atoms with Crippen LogP contribution in [0.3, 0.4) is 0 Å². The molecule has 0 unspecified atom stereocenters. The van der Waals surface area contributed by atoms with Gasteiger partial charge in [0.25, 0.3) is 11.8 Å². The lowest BCUT2D eigenvalue weighted by molar-refractivity contribution is -0.120. The number of nitrogens with one attached hydrogen (secondary N) is 2. The molecule has 0 aliphatic carbocycles. The van der Waals surface area contributed by atoms with Crippen LogP contribution in [0.15, 0.2) is 41.5 Å². The van der Waals surface area contributed by atoms with Gasteiger partial charge in [-0.1, -0.05) is 12.1 Å². The van der Waals surface area contributed by atoms with Gasteiger partial charge in [0.05, 0.1) is 32.6 Å². The first-order chi connectivity index (χ1) is 15.0. The van der Waals surface area contributed by atoms with Crippen molar-refractivity contribution in [3.8, 4) is 17.2 Å². The number of carbonyl (C=O) groups is 2. The molecule has 9 heteroatoms. The maximum atomic E-state index is 12.9. The smallest absolute Gasteiger partial charge is 0.259 e. The van der Waals surface area contributed by atoms with Crippen molar-refractivity contribution >= 4 is 18.0 Å². The zero-order chi connectivity index (χ0) is 22.6. The normalized spacial score (nSPS) is 10.6. The lowest BCUT2D eigenvalue weighted by Crippen LogP contribution is -2.35. The van der Waals surface area contributed by atoms with Gasteiger partial charge in [-0.15, -0.1) is 0 Å². The van der Waals surface area contributed by atoms with Crippen molar-refractivity contribution in [1.29, 1.82) is 0 Å². The fraction of sp³-hybridized carbons (Fsp3) is 0.318. The van der Waals surface area contributed by atoms with Crippen LogP contribution >= 0.6 is 0 Å². The van der Waals surface area contributed by atoms with Crippen molar-refractivity contribution in [2.75, 3.05) is 26.4 Å². The summed E-state index contributed by atoms with van der Waals surface area (Å²) in [5.41, 5.74) is 3.17. The summed E-state index contributed by atoms with van der Waals surface area (Å²) in [6, 6.07) is 8.68. The van der Waals surface area contributed by atoms with Gasteiger partial charge in [-0.25, -0.2) is 9.82 Å². The molecular formula is C22H26FN3O5. The fourth-order valence-corrected chi connectivity index (χ4v) is 2.55. The van der Waals surface area contributed by atoms with Crippen molar-refractivity contribution in [3.63, 3.8) is 0 Å². The summed E-state index contributed by atoms with van der Waals surface area (Å²) in [5, 5.41) is 6.29. The maximum Gasteiger partial charge on any atom is 0.259 e. The van der Waals surface area contributed by atoms with Crippen LogP contribution in [0.5, 0.6) is 17.2 Å². The standard InChI is InChI=1S/C22H26FN3O5/c1-4-29-18-11-16(12-19(30-5-2)21(18)31-6-3)22(28)24-14-20(27)26-25-13-15-7-9-17(23)10-8-15/h7-13H,4-6,14H2,1-3H3,(H,24,28)(H,26,27)/b25-13+. The summed E-state index contributed by atoms with van der Waals surface area (Å²) in [6.07, 6.45) is 1.37. The van der Waals surface area contributed by atoms with E-state index in [0.29, 0.717) is 42.6 Å². The molecule has 2 aromatic rings. The van der Waals surface area contributed by atoms with Crippen LogP contribution in [0.2, 0.25) is 0 Å². The summed E-state index contributed by atoms with van der Waals surface area (Å²) in [4.78, 5) is 24.5. The molecule has 0 spiro atoms. The zero-order valence-electron chi connectivity index (χ0n) is 17.7. The summed E-state index contributed by atoms with van der Waals surface area (Å²) >= 11 is 0. The average molecular weight is 431 g/mol. The molecule has 2 aromatic carbocycles. The highest BCUT2D eigenvalue weighted by Crippen LogP contribution is 2.39. The minimum absolute atomic E-state index is 0.262. The minimum Gasteiger partial charge on any atom is -0.490 e. The van der Waals surface area contributed by atoms with E-state index >= 15 is 0 Å². The van der Waals surface area contributed by atoms with E-state index in [4.69, 9.17) is 14.2 Å². The number of benzene rings is 2. The highest BCUT2D eigenvalue weighted by molar-refractivity contribution is 5.97. The molecular weight excluding hydrogens is 405 g/mol. The van der Waals surface area contributed by atoms with Gasteiger partial charge in [0.15, 0.2) is 11.5 Å². The van der Waals surface area contributed by atoms with Gasteiger partial charge in [-0.3, -0.25) is 9.59 Å². The molecule has 2 rings (SSSR count). The van der Waals surface area contributed by atoms with Crippen LogP contribution in [0.4, 0.5) is 4.39 Å². The van der Waals surface area contributed by atoms with E-state index in [1.807, 2.05) is 20.8 Å². The number of amides is 2. The number of hydrogen-bond acceptors (Lipinski definition) is 6. The second kappa shape index (κ2) is 12.2. The largest absolute Gasteiger partial charge is 0.490 e. The van der Waals surface area contributed by atoms with Crippen LogP contribution in [0.1, 0.15) is 36.7 Å². The first-order valence-electron chi connectivity index (χ1n) is 9.90. The molecule has 0 aromatic heterocycles. The third kappa shape index (κ3) is 7.29. The second-order valence-electron chi connectivity index (χ2n) is 6.13. The lowest BCUT2D eigenvalue weighted by atomic mass is 10.1. The van der Waals surface area contributed by atoms with Gasteiger partial charge < -0.3 is 19.5 Å². The summed E-state index contributed by atoms with van der Waals surface area (Å²) in [7, 11) is 0. The van der Waals surface area contributed by atoms with Gasteiger partial charge in [-0.2, -0.15) is 5.10 Å². The maximum absolute atomic E-state index is 12.9. The Morgan fingerprint density at radius 1 is 0.968 bits per heavy atom. The molecule has 0 aliphatic heterocycles. The van der Waals surface area contributed by atoms with Crippen LogP contribution in [0.25, 0.3) is 0 Å². The summed E-state index contributed by atoms with van der Waals surface area (Å²) in [6.45, 7) is 6.35. The third-order valence-corrected chi connectivity index (χ3v) is 3.85. The van der Waals surface area contributed by atoms with E-state index in [1.54, 1.807) is 0 Å². The summed E-state index contributed by atoms with van der Waals surface area (Å²) in [5.74, 6) is -0.174. The molecule has 0 saturated heterocycles. The van der Waals surface area contributed by atoms with Crippen molar-refractivity contribution in [3.05, 3.63) is 53.3 Å². The number of halogens is 1. The third-order valence-electron chi connectivity index (χ3n) is 3.85. The summed E-state index contributed by atoms with van der Waals surface area (Å²) < 4.78 is 29.7. The Morgan fingerprint density at radius 3 is 2.10 bits per heavy atom. The van der Waals surface area contributed by atoms with E-state index in [9.17, 15) is 14.0 Å². The number of hydrazone groups is 1. The fourth-order valence-electron chi connectivity index (χ4n) is 2.55. The first kappa shape index (κ1) is 23.7. The molecule has 0 bridgehead atoms. The number of hydrogen-bond donors (Lipinski definition) is 2. The van der Waals surface area contributed by atoms with Gasteiger partial charge in [-0.05, 0) is 50.6 Å². The van der Waals surface area contributed by atoms with E-state index < -0.39 is 11.8 Å². The Kier molecular flexibility index (Phi) is 9.28. The van der Waals surface area contributed by atoms with Crippen LogP contribution in [0, 0.1) is 5.82 Å². The number of carbonyl (C=O) groups excluding carboxylic acids is 2. The van der Waals surface area contributed by atoms with Gasteiger partial charge in [0.2, 0.25) is 5.75 Å². The minimum atomic E-state index is -0.521. The molecule has 2 amide bonds. The zero-order valence-corrected chi connectivity index (χ0v) is 17.7. The van der Waals surface area contributed by atoms with E-state index in [2.05, 4.69) is 15.8 Å². The van der Waals surface area contributed by atoms with Crippen molar-refractivity contribution < 1.29 is 28.2 Å². The molecule has 0 saturated carbocycles. The van der Waals surface area contributed by atoms with Crippen molar-refractivity contribution in [2.45, 2.75) is 20.8 Å². The number of ether oxygens (including phenoxy) is 3. The Bertz CT molecular complexity index is 889. The molecule has 31 heavy (non-hydrogen) atoms. The number of nitrogens with zero attached hydrogens (tertiary/aromatic N) is 1. The van der Waals surface area contributed by atoms with Gasteiger partial charge in [0, 0.05) is 5.56 Å². The van der Waals surface area contributed by atoms with Crippen molar-refractivity contribution in [1.82, 2.24) is 10.7 Å². The monoisotopic (exact) mass is 431 g/mol. The van der Waals surface area contributed by atoms with Crippen LogP contribution < -0.4 is 25.0 Å². The quantitative estimate of drug-likeness (QED) is 0.421. The predicted octanol–water partition coefficient (Wildman–Crippen LogP) is 2.90. The van der Waals surface area contributed by atoms with Gasteiger partial charge >= 0.3 is 0 Å². The molecule has 0 heterocycles. The molecule has 0 radical (unpaired) electrons. The molecule has 0 aliphatic rings. The molecule has 0 fully saturated rings. The lowest BCUT2D eigenvalue weighted by Gasteiger charge is -2.17. The molecule has 0 atom stereocenters. The Labute approximate surface area is 180 Å². The molecule has 166 valence electrons. The number of rotatable bonds is 11. The average Bonchev–Trinajstić information content (AvgIpc) is 2.75. The Hall–Kier alpha value is -3.62. The first-order valence-corrected chi connectivity index (χ1v) is 9.90.